The van der Waals surface area contributed by atoms with Crippen molar-refractivity contribution in [3.8, 4) is 0 Å². The number of rotatable bonds is 2. The number of carboxylic acids is 1. The molecule has 0 heterocycles. The average molecular weight is 186 g/mol. The molecule has 0 aromatic rings. The summed E-state index contributed by atoms with van der Waals surface area (Å²) in [6.45, 7) is 1.26. The quantitative estimate of drug-likeness (QED) is 0.676. The van der Waals surface area contributed by atoms with Crippen molar-refractivity contribution < 1.29 is 28.2 Å². The summed E-state index contributed by atoms with van der Waals surface area (Å²) in [7, 11) is 0. The summed E-state index contributed by atoms with van der Waals surface area (Å²) in [5.41, 5.74) is -2.63. The highest BCUT2D eigenvalue weighted by molar-refractivity contribution is 5.73. The van der Waals surface area contributed by atoms with Crippen LogP contribution in [0.5, 0.6) is 0 Å². The van der Waals surface area contributed by atoms with Crippen LogP contribution >= 0.6 is 0 Å². The zero-order valence-corrected chi connectivity index (χ0v) is 6.51. The first-order valence-electron chi connectivity index (χ1n) is 3.08. The van der Waals surface area contributed by atoms with Gasteiger partial charge in [-0.15, -0.1) is 0 Å². The van der Waals surface area contributed by atoms with Crippen molar-refractivity contribution in [1.29, 1.82) is 0 Å². The molecule has 0 aromatic carbocycles. The molecule has 2 N–H and O–H groups in total. The van der Waals surface area contributed by atoms with E-state index in [2.05, 4.69) is 0 Å². The van der Waals surface area contributed by atoms with E-state index in [0.717, 1.165) is 0 Å². The van der Waals surface area contributed by atoms with Gasteiger partial charge in [0, 0.05) is 0 Å². The fourth-order valence-electron chi connectivity index (χ4n) is 0.464. The van der Waals surface area contributed by atoms with E-state index in [0.29, 0.717) is 13.8 Å². The first kappa shape index (κ1) is 11.2. The number of aliphatic hydroxyl groups excluding tert-OH is 1. The molecule has 0 fully saturated rings. The Bertz CT molecular complexity index is 185. The molecule has 1 unspecified atom stereocenters. The van der Waals surface area contributed by atoms with Gasteiger partial charge in [0.05, 0.1) is 5.41 Å². The van der Waals surface area contributed by atoms with Crippen molar-refractivity contribution in [2.75, 3.05) is 0 Å². The highest BCUT2D eigenvalue weighted by Gasteiger charge is 2.54. The maximum Gasteiger partial charge on any atom is 0.397 e. The summed E-state index contributed by atoms with van der Waals surface area (Å²) < 4.78 is 36.1. The smallest absolute Gasteiger partial charge is 0.397 e. The monoisotopic (exact) mass is 186 g/mol. The normalized spacial score (nSPS) is 15.8. The molecule has 0 saturated heterocycles. The number of carbonyl (C=O) groups is 1. The largest absolute Gasteiger partial charge is 0.479 e. The van der Waals surface area contributed by atoms with Crippen molar-refractivity contribution in [3.05, 3.63) is 0 Å². The van der Waals surface area contributed by atoms with Gasteiger partial charge in [-0.2, -0.15) is 13.2 Å². The zero-order valence-electron chi connectivity index (χ0n) is 6.51. The Kier molecular flexibility index (Phi) is 2.74. The van der Waals surface area contributed by atoms with Gasteiger partial charge in [0.1, 0.15) is 0 Å². The van der Waals surface area contributed by atoms with E-state index >= 15 is 0 Å². The molecule has 1 atom stereocenters. The fraction of sp³-hybridized carbons (Fsp3) is 0.833. The molecule has 0 aliphatic rings. The van der Waals surface area contributed by atoms with Gasteiger partial charge in [-0.3, -0.25) is 0 Å². The minimum Gasteiger partial charge on any atom is -0.479 e. The molecule has 0 saturated carbocycles. The van der Waals surface area contributed by atoms with Crippen molar-refractivity contribution in [2.45, 2.75) is 26.1 Å². The molecule has 0 rings (SSSR count). The van der Waals surface area contributed by atoms with Crippen LogP contribution in [0.3, 0.4) is 0 Å². The molecule has 0 bridgehead atoms. The Morgan fingerprint density at radius 3 is 1.75 bits per heavy atom. The summed E-state index contributed by atoms with van der Waals surface area (Å²) >= 11 is 0. The lowest BCUT2D eigenvalue weighted by atomic mass is 9.86. The number of hydrogen-bond donors (Lipinski definition) is 2. The van der Waals surface area contributed by atoms with Crippen LogP contribution in [0.1, 0.15) is 13.8 Å². The van der Waals surface area contributed by atoms with Gasteiger partial charge in [0.2, 0.25) is 0 Å². The Morgan fingerprint density at radius 1 is 1.33 bits per heavy atom. The Labute approximate surface area is 66.8 Å². The van der Waals surface area contributed by atoms with Crippen molar-refractivity contribution in [3.63, 3.8) is 0 Å². The predicted molar refractivity (Wildman–Crippen MR) is 33.5 cm³/mol. The second-order valence-electron chi connectivity index (χ2n) is 2.96. The zero-order chi connectivity index (χ0) is 10.2. The first-order chi connectivity index (χ1) is 5.10. The lowest BCUT2D eigenvalue weighted by Gasteiger charge is -2.29. The highest BCUT2D eigenvalue weighted by Crippen LogP contribution is 2.40. The maximum atomic E-state index is 12.0. The molecule has 0 aromatic heterocycles. The van der Waals surface area contributed by atoms with Crippen LogP contribution in [0.15, 0.2) is 0 Å². The second-order valence-corrected chi connectivity index (χ2v) is 2.96. The molecule has 6 heteroatoms. The van der Waals surface area contributed by atoms with Crippen LogP contribution in [0, 0.1) is 5.41 Å². The van der Waals surface area contributed by atoms with Crippen molar-refractivity contribution in [2.24, 2.45) is 5.41 Å². The lowest BCUT2D eigenvalue weighted by Crippen LogP contribution is -2.46. The van der Waals surface area contributed by atoms with Gasteiger partial charge in [-0.25, -0.2) is 4.79 Å². The van der Waals surface area contributed by atoms with Gasteiger partial charge >= 0.3 is 12.1 Å². The van der Waals surface area contributed by atoms with Crippen LogP contribution in [-0.4, -0.2) is 28.5 Å². The molecule has 0 aliphatic carbocycles. The highest BCUT2D eigenvalue weighted by atomic mass is 19.4. The van der Waals surface area contributed by atoms with E-state index < -0.39 is 23.7 Å². The number of halogens is 3. The third-order valence-corrected chi connectivity index (χ3v) is 1.65. The van der Waals surface area contributed by atoms with E-state index in [-0.39, 0.29) is 0 Å². The number of alkyl halides is 3. The Morgan fingerprint density at radius 2 is 1.67 bits per heavy atom. The molecular formula is C6H9F3O3. The van der Waals surface area contributed by atoms with E-state index in [4.69, 9.17) is 10.2 Å². The van der Waals surface area contributed by atoms with E-state index in [1.54, 1.807) is 0 Å². The molecule has 0 radical (unpaired) electrons. The summed E-state index contributed by atoms with van der Waals surface area (Å²) in [5, 5.41) is 16.8. The van der Waals surface area contributed by atoms with Crippen LogP contribution in [0.2, 0.25) is 0 Å². The standard InChI is InChI=1S/C6H9F3O3/c1-5(2,6(7,8)9)3(10)4(11)12/h3,10H,1-2H3,(H,11,12). The minimum absolute atomic E-state index is 0.631. The number of carboxylic acid groups (broad SMARTS) is 1. The van der Waals surface area contributed by atoms with Crippen LogP contribution < -0.4 is 0 Å². The van der Waals surface area contributed by atoms with Gasteiger partial charge in [-0.1, -0.05) is 0 Å². The molecule has 12 heavy (non-hydrogen) atoms. The van der Waals surface area contributed by atoms with Gasteiger partial charge in [-0.05, 0) is 13.8 Å². The predicted octanol–water partition coefficient (Wildman–Crippen LogP) is 1.02. The van der Waals surface area contributed by atoms with E-state index in [1.165, 1.54) is 0 Å². The molecular weight excluding hydrogens is 177 g/mol. The second kappa shape index (κ2) is 2.93. The number of aliphatic carboxylic acids is 1. The van der Waals surface area contributed by atoms with Crippen molar-refractivity contribution in [1.82, 2.24) is 0 Å². The summed E-state index contributed by atoms with van der Waals surface area (Å²) in [6.07, 6.45) is -7.16. The van der Waals surface area contributed by atoms with E-state index in [9.17, 15) is 18.0 Å². The van der Waals surface area contributed by atoms with Gasteiger partial charge in [0.15, 0.2) is 6.10 Å². The van der Waals surface area contributed by atoms with Crippen LogP contribution in [-0.2, 0) is 4.79 Å². The van der Waals surface area contributed by atoms with Gasteiger partial charge in [0.25, 0.3) is 0 Å². The lowest BCUT2D eigenvalue weighted by molar-refractivity contribution is -0.243. The SMILES string of the molecule is CC(C)(C(O)C(=O)O)C(F)(F)F. The Hall–Kier alpha value is -0.780. The molecule has 72 valence electrons. The molecule has 0 spiro atoms. The van der Waals surface area contributed by atoms with Gasteiger partial charge < -0.3 is 10.2 Å². The Balaban J connectivity index is 4.73. The fourth-order valence-corrected chi connectivity index (χ4v) is 0.464. The minimum atomic E-state index is -4.73. The van der Waals surface area contributed by atoms with Crippen LogP contribution in [0.4, 0.5) is 13.2 Å². The third-order valence-electron chi connectivity index (χ3n) is 1.65. The average Bonchev–Trinajstić information content (AvgIpc) is 1.83. The third kappa shape index (κ3) is 1.88. The molecule has 3 nitrogen and oxygen atoms in total. The molecule has 0 amide bonds. The number of aliphatic hydroxyl groups is 1. The summed E-state index contributed by atoms with van der Waals surface area (Å²) in [5.74, 6) is -1.88. The van der Waals surface area contributed by atoms with Crippen LogP contribution in [0.25, 0.3) is 0 Å². The van der Waals surface area contributed by atoms with E-state index in [1.807, 2.05) is 0 Å². The topological polar surface area (TPSA) is 57.5 Å². The maximum absolute atomic E-state index is 12.0. The summed E-state index contributed by atoms with van der Waals surface area (Å²) in [6, 6.07) is 0. The van der Waals surface area contributed by atoms with Crippen molar-refractivity contribution >= 4 is 5.97 Å². The summed E-state index contributed by atoms with van der Waals surface area (Å²) in [4.78, 5) is 10.0. The first-order valence-corrected chi connectivity index (χ1v) is 3.08. The number of hydrogen-bond acceptors (Lipinski definition) is 2. The molecule has 0 aliphatic heterocycles.